The third kappa shape index (κ3) is 3.00. The average molecular weight is 433 g/mol. The molecule has 0 unspecified atom stereocenters. The molecule has 0 aliphatic rings. The summed E-state index contributed by atoms with van der Waals surface area (Å²) in [5, 5.41) is 0.609. The van der Waals surface area contributed by atoms with E-state index in [1.54, 1.807) is 16.7 Å². The van der Waals surface area contributed by atoms with Gasteiger partial charge in [0.1, 0.15) is 11.5 Å². The molecule has 0 aliphatic carbocycles. The van der Waals surface area contributed by atoms with E-state index in [9.17, 15) is 9.18 Å². The van der Waals surface area contributed by atoms with Gasteiger partial charge < -0.3 is 0 Å². The highest BCUT2D eigenvalue weighted by molar-refractivity contribution is 7.73. The van der Waals surface area contributed by atoms with Crippen LogP contribution in [0.2, 0.25) is 0 Å². The Morgan fingerprint density at radius 1 is 0.967 bits per heavy atom. The number of rotatable bonds is 3. The number of para-hydroxylation sites is 1. The van der Waals surface area contributed by atoms with Crippen LogP contribution in [0.25, 0.3) is 27.0 Å². The van der Waals surface area contributed by atoms with E-state index in [4.69, 9.17) is 12.2 Å². The Kier molecular flexibility index (Phi) is 4.60. The molecular formula is C24H17FN2OS2. The Hall–Kier alpha value is -3.09. The predicted octanol–water partition coefficient (Wildman–Crippen LogP) is 6.21. The van der Waals surface area contributed by atoms with Crippen molar-refractivity contribution < 1.29 is 4.39 Å². The van der Waals surface area contributed by atoms with Gasteiger partial charge in [0, 0.05) is 0 Å². The van der Waals surface area contributed by atoms with Gasteiger partial charge in [0.25, 0.3) is 5.56 Å². The first-order valence-corrected chi connectivity index (χ1v) is 10.7. The summed E-state index contributed by atoms with van der Waals surface area (Å²) in [6.45, 7) is 2.38. The average Bonchev–Trinajstić information content (AvgIpc) is 3.10. The number of hydrogen-bond acceptors (Lipinski definition) is 3. The molecule has 0 saturated carbocycles. The molecule has 30 heavy (non-hydrogen) atoms. The summed E-state index contributed by atoms with van der Waals surface area (Å²) < 4.78 is 17.8. The third-order valence-electron chi connectivity index (χ3n) is 5.31. The van der Waals surface area contributed by atoms with Crippen molar-refractivity contribution in [2.24, 2.45) is 0 Å². The van der Waals surface area contributed by atoms with Crippen LogP contribution >= 0.6 is 23.6 Å². The Morgan fingerprint density at radius 2 is 1.67 bits per heavy atom. The van der Waals surface area contributed by atoms with E-state index < -0.39 is 0 Å². The van der Waals surface area contributed by atoms with Crippen molar-refractivity contribution in [3.8, 4) is 10.4 Å². The fraction of sp³-hybridized carbons (Fsp3) is 0.0833. The molecule has 5 rings (SSSR count). The minimum Gasteiger partial charge on any atom is -0.288 e. The third-order valence-corrected chi connectivity index (χ3v) is 6.70. The number of nitrogens with zero attached hydrogens (tertiary/aromatic N) is 2. The van der Waals surface area contributed by atoms with Crippen molar-refractivity contribution in [2.75, 3.05) is 0 Å². The van der Waals surface area contributed by atoms with Crippen molar-refractivity contribution in [2.45, 2.75) is 13.5 Å². The topological polar surface area (TPSA) is 26.4 Å². The van der Waals surface area contributed by atoms with Crippen molar-refractivity contribution in [3.63, 3.8) is 0 Å². The Bertz CT molecular complexity index is 1530. The molecule has 2 heterocycles. The molecule has 0 fully saturated rings. The number of halogens is 1. The van der Waals surface area contributed by atoms with Crippen LogP contribution in [0.1, 0.15) is 11.1 Å². The van der Waals surface area contributed by atoms with Gasteiger partial charge >= 0.3 is 0 Å². The largest absolute Gasteiger partial charge is 0.288 e. The highest BCUT2D eigenvalue weighted by Crippen LogP contribution is 2.35. The van der Waals surface area contributed by atoms with E-state index in [0.717, 1.165) is 32.7 Å². The fourth-order valence-electron chi connectivity index (χ4n) is 3.84. The summed E-state index contributed by atoms with van der Waals surface area (Å²) in [5.74, 6) is -0.298. The SMILES string of the molecule is Cc1ccccc1-c1sc(=S)n2c3ccccc3c(=O)n(Cc3ccc(F)cc3)c12. The summed E-state index contributed by atoms with van der Waals surface area (Å²) >= 11 is 7.25. The number of hydrogen-bond donors (Lipinski definition) is 0. The van der Waals surface area contributed by atoms with Gasteiger partial charge in [0.15, 0.2) is 3.95 Å². The number of thiazole rings is 1. The van der Waals surface area contributed by atoms with Gasteiger partial charge in [0.05, 0.1) is 22.3 Å². The lowest BCUT2D eigenvalue weighted by molar-refractivity contribution is 0.626. The molecule has 0 spiro atoms. The molecule has 148 valence electrons. The van der Waals surface area contributed by atoms with Crippen LogP contribution in [0.15, 0.2) is 77.6 Å². The molecule has 6 heteroatoms. The van der Waals surface area contributed by atoms with Crippen molar-refractivity contribution in [1.29, 1.82) is 0 Å². The van der Waals surface area contributed by atoms with Gasteiger partial charge in [-0.15, -0.1) is 11.3 Å². The first-order valence-electron chi connectivity index (χ1n) is 9.52. The van der Waals surface area contributed by atoms with Crippen LogP contribution < -0.4 is 5.56 Å². The Balaban J connectivity index is 1.92. The van der Waals surface area contributed by atoms with Crippen LogP contribution in [-0.4, -0.2) is 8.97 Å². The lowest BCUT2D eigenvalue weighted by Gasteiger charge is -2.14. The fourth-order valence-corrected chi connectivity index (χ4v) is 5.35. The van der Waals surface area contributed by atoms with Crippen LogP contribution in [0.3, 0.4) is 0 Å². The number of aryl methyl sites for hydroxylation is 1. The smallest absolute Gasteiger partial charge is 0.261 e. The van der Waals surface area contributed by atoms with Crippen LogP contribution in [-0.2, 0) is 6.54 Å². The highest BCUT2D eigenvalue weighted by atomic mass is 32.1. The number of benzene rings is 3. The van der Waals surface area contributed by atoms with Crippen molar-refractivity contribution in [3.05, 3.63) is 104 Å². The van der Waals surface area contributed by atoms with Crippen LogP contribution in [0.5, 0.6) is 0 Å². The molecular weight excluding hydrogens is 415 g/mol. The number of aromatic nitrogens is 2. The molecule has 3 nitrogen and oxygen atoms in total. The maximum atomic E-state index is 13.5. The van der Waals surface area contributed by atoms with Crippen molar-refractivity contribution >= 4 is 40.1 Å². The maximum Gasteiger partial charge on any atom is 0.261 e. The van der Waals surface area contributed by atoms with Gasteiger partial charge in [-0.3, -0.25) is 13.8 Å². The molecule has 2 aromatic heterocycles. The molecule has 0 aliphatic heterocycles. The molecule has 0 atom stereocenters. The molecule has 0 N–H and O–H groups in total. The van der Waals surface area contributed by atoms with E-state index in [1.807, 2.05) is 40.8 Å². The van der Waals surface area contributed by atoms with E-state index in [0.29, 0.717) is 15.9 Å². The molecule has 3 aromatic carbocycles. The van der Waals surface area contributed by atoms with Crippen LogP contribution in [0, 0.1) is 16.7 Å². The second kappa shape index (κ2) is 7.31. The standard InChI is InChI=1S/C24H17FN2OS2/c1-15-6-2-3-7-18(15)21-22-26(14-16-10-12-17(25)13-11-16)23(28)19-8-4-5-9-20(19)27(22)24(29)30-21/h2-13H,14H2,1H3. The molecule has 0 radical (unpaired) electrons. The molecule has 0 saturated heterocycles. The van der Waals surface area contributed by atoms with Gasteiger partial charge in [-0.2, -0.15) is 0 Å². The van der Waals surface area contributed by atoms with E-state index in [1.165, 1.54) is 23.5 Å². The first-order chi connectivity index (χ1) is 14.5. The zero-order valence-corrected chi connectivity index (χ0v) is 17.8. The van der Waals surface area contributed by atoms with E-state index >= 15 is 0 Å². The minimum absolute atomic E-state index is 0.0856. The normalized spacial score (nSPS) is 11.4. The lowest BCUT2D eigenvalue weighted by atomic mass is 10.1. The summed E-state index contributed by atoms with van der Waals surface area (Å²) in [4.78, 5) is 14.5. The van der Waals surface area contributed by atoms with Crippen molar-refractivity contribution in [1.82, 2.24) is 8.97 Å². The van der Waals surface area contributed by atoms with E-state index in [2.05, 4.69) is 19.1 Å². The zero-order chi connectivity index (χ0) is 20.8. The first kappa shape index (κ1) is 18.9. The Morgan fingerprint density at radius 3 is 2.43 bits per heavy atom. The highest BCUT2D eigenvalue weighted by Gasteiger charge is 2.19. The van der Waals surface area contributed by atoms with Gasteiger partial charge in [-0.1, -0.05) is 48.5 Å². The van der Waals surface area contributed by atoms with Gasteiger partial charge in [-0.05, 0) is 60.1 Å². The molecule has 0 amide bonds. The second-order valence-electron chi connectivity index (χ2n) is 7.21. The minimum atomic E-state index is -0.298. The quantitative estimate of drug-likeness (QED) is 0.317. The molecule has 0 bridgehead atoms. The monoisotopic (exact) mass is 432 g/mol. The maximum absolute atomic E-state index is 13.5. The lowest BCUT2D eigenvalue weighted by Crippen LogP contribution is -2.23. The zero-order valence-electron chi connectivity index (χ0n) is 16.1. The summed E-state index contributed by atoms with van der Waals surface area (Å²) in [6, 6.07) is 21.9. The van der Waals surface area contributed by atoms with Gasteiger partial charge in [-0.25, -0.2) is 4.39 Å². The molecule has 5 aromatic rings. The van der Waals surface area contributed by atoms with E-state index in [-0.39, 0.29) is 11.4 Å². The summed E-state index contributed by atoms with van der Waals surface area (Å²) in [5.41, 5.74) is 4.51. The summed E-state index contributed by atoms with van der Waals surface area (Å²) in [7, 11) is 0. The predicted molar refractivity (Wildman–Crippen MR) is 124 cm³/mol. The second-order valence-corrected chi connectivity index (χ2v) is 8.85. The van der Waals surface area contributed by atoms with Gasteiger partial charge in [0.2, 0.25) is 0 Å². The Labute approximate surface area is 181 Å². The summed E-state index contributed by atoms with van der Waals surface area (Å²) in [6.07, 6.45) is 0. The number of fused-ring (bicyclic) bond motifs is 3. The van der Waals surface area contributed by atoms with Crippen LogP contribution in [0.4, 0.5) is 4.39 Å².